The Morgan fingerprint density at radius 3 is 2.30 bits per heavy atom. The number of nitrogens with one attached hydrogen (secondary N) is 2. The molecule has 1 fully saturated rings. The van der Waals surface area contributed by atoms with Crippen LogP contribution in [0.25, 0.3) is 0 Å². The number of aromatic nitrogens is 1. The second-order valence-corrected chi connectivity index (χ2v) is 7.54. The van der Waals surface area contributed by atoms with Crippen LogP contribution in [0, 0.1) is 0 Å². The molecule has 1 aromatic heterocycles. The first-order valence-corrected chi connectivity index (χ1v) is 10.3. The van der Waals surface area contributed by atoms with Gasteiger partial charge in [0, 0.05) is 28.7 Å². The normalized spacial score (nSPS) is 15.3. The Morgan fingerprint density at radius 1 is 0.970 bits per heavy atom. The van der Waals surface area contributed by atoms with Crippen LogP contribution in [-0.4, -0.2) is 39.8 Å². The highest BCUT2D eigenvalue weighted by Crippen LogP contribution is 2.25. The summed E-state index contributed by atoms with van der Waals surface area (Å²) in [5.41, 5.74) is 3.46. The summed E-state index contributed by atoms with van der Waals surface area (Å²) in [6, 6.07) is 15.6. The van der Waals surface area contributed by atoms with Gasteiger partial charge in [-0.05, 0) is 48.5 Å². The summed E-state index contributed by atoms with van der Waals surface area (Å²) in [5.74, 6) is -1.76. The van der Waals surface area contributed by atoms with Crippen molar-refractivity contribution < 1.29 is 19.2 Å². The van der Waals surface area contributed by atoms with E-state index >= 15 is 0 Å². The molecule has 3 aromatic rings. The zero-order valence-electron chi connectivity index (χ0n) is 17.1. The zero-order valence-corrected chi connectivity index (χ0v) is 17.9. The van der Waals surface area contributed by atoms with Crippen molar-refractivity contribution in [1.82, 2.24) is 15.4 Å². The van der Waals surface area contributed by atoms with Gasteiger partial charge in [0.2, 0.25) is 5.91 Å². The Bertz CT molecular complexity index is 1190. The van der Waals surface area contributed by atoms with E-state index in [1.807, 2.05) is 0 Å². The van der Waals surface area contributed by atoms with Gasteiger partial charge in [-0.15, -0.1) is 0 Å². The van der Waals surface area contributed by atoms with Crippen LogP contribution in [0.4, 0.5) is 16.2 Å². The van der Waals surface area contributed by atoms with Gasteiger partial charge < -0.3 is 5.32 Å². The van der Waals surface area contributed by atoms with E-state index in [9.17, 15) is 19.2 Å². The average Bonchev–Trinajstić information content (AvgIpc) is 3.13. The number of carbonyl (C=O) groups excluding carboxylic acids is 4. The number of imide groups is 1. The van der Waals surface area contributed by atoms with Gasteiger partial charge in [0.15, 0.2) is 0 Å². The van der Waals surface area contributed by atoms with Crippen LogP contribution < -0.4 is 15.6 Å². The summed E-state index contributed by atoms with van der Waals surface area (Å²) < 4.78 is 0. The van der Waals surface area contributed by atoms with E-state index in [0.29, 0.717) is 16.4 Å². The number of halogens is 1. The maximum Gasteiger partial charge on any atom is 0.341 e. The monoisotopic (exact) mass is 463 g/mol. The van der Waals surface area contributed by atoms with Crippen LogP contribution >= 0.6 is 11.6 Å². The number of urea groups is 1. The lowest BCUT2D eigenvalue weighted by atomic mass is 10.2. The van der Waals surface area contributed by atoms with Crippen molar-refractivity contribution in [3.63, 3.8) is 0 Å². The number of benzene rings is 2. The molecular weight excluding hydrogens is 446 g/mol. The number of pyridine rings is 1. The first-order valence-electron chi connectivity index (χ1n) is 9.92. The molecule has 0 spiro atoms. The number of nitrogens with zero attached hydrogens (tertiary/aromatic N) is 3. The van der Waals surface area contributed by atoms with Crippen molar-refractivity contribution in [1.29, 1.82) is 0 Å². The second kappa shape index (κ2) is 9.49. The fraction of sp³-hybridized carbons (Fsp3) is 0.0870. The highest BCUT2D eigenvalue weighted by molar-refractivity contribution is 6.30. The van der Waals surface area contributed by atoms with Crippen LogP contribution in [0.3, 0.4) is 0 Å². The van der Waals surface area contributed by atoms with E-state index in [4.69, 9.17) is 11.6 Å². The SMILES string of the molecule is O=C(NN(C(=O)Nc1ccc(Cl)cc1)[C@@H]1CC(=O)N(c2ccccc2)C1=O)c1ccncc1. The summed E-state index contributed by atoms with van der Waals surface area (Å²) >= 11 is 5.89. The molecule has 33 heavy (non-hydrogen) atoms. The van der Waals surface area contributed by atoms with Gasteiger partial charge in [-0.1, -0.05) is 29.8 Å². The third-order valence-electron chi connectivity index (χ3n) is 4.93. The fourth-order valence-corrected chi connectivity index (χ4v) is 3.46. The first kappa shape index (κ1) is 22.0. The molecule has 0 unspecified atom stereocenters. The third-order valence-corrected chi connectivity index (χ3v) is 5.18. The number of hydrazine groups is 1. The molecule has 2 N–H and O–H groups in total. The van der Waals surface area contributed by atoms with E-state index in [0.717, 1.165) is 9.91 Å². The van der Waals surface area contributed by atoms with Gasteiger partial charge in [0.1, 0.15) is 6.04 Å². The molecule has 0 aliphatic carbocycles. The summed E-state index contributed by atoms with van der Waals surface area (Å²) in [5, 5.41) is 3.94. The fourth-order valence-electron chi connectivity index (χ4n) is 3.33. The summed E-state index contributed by atoms with van der Waals surface area (Å²) in [4.78, 5) is 56.6. The molecule has 1 aliphatic heterocycles. The van der Waals surface area contributed by atoms with Crippen molar-refractivity contribution in [2.45, 2.75) is 12.5 Å². The summed E-state index contributed by atoms with van der Waals surface area (Å²) in [6.45, 7) is 0. The van der Waals surface area contributed by atoms with Crippen LogP contribution in [0.5, 0.6) is 0 Å². The minimum absolute atomic E-state index is 0.228. The lowest BCUT2D eigenvalue weighted by Gasteiger charge is -2.28. The van der Waals surface area contributed by atoms with Gasteiger partial charge in [0.25, 0.3) is 11.8 Å². The molecule has 0 radical (unpaired) electrons. The van der Waals surface area contributed by atoms with Gasteiger partial charge in [-0.2, -0.15) is 0 Å². The topological polar surface area (TPSA) is 112 Å². The minimum Gasteiger partial charge on any atom is -0.306 e. The Morgan fingerprint density at radius 2 is 1.64 bits per heavy atom. The molecule has 4 rings (SSSR count). The van der Waals surface area contributed by atoms with E-state index < -0.39 is 29.8 Å². The number of hydrogen-bond acceptors (Lipinski definition) is 5. The second-order valence-electron chi connectivity index (χ2n) is 7.11. The van der Waals surface area contributed by atoms with Crippen LogP contribution in [0.2, 0.25) is 5.02 Å². The summed E-state index contributed by atoms with van der Waals surface area (Å²) in [6.07, 6.45) is 2.56. The van der Waals surface area contributed by atoms with Crippen molar-refractivity contribution in [3.8, 4) is 0 Å². The number of hydrogen-bond donors (Lipinski definition) is 2. The van der Waals surface area contributed by atoms with Gasteiger partial charge in [0.05, 0.1) is 12.1 Å². The predicted molar refractivity (Wildman–Crippen MR) is 121 cm³/mol. The van der Waals surface area contributed by atoms with E-state index in [-0.39, 0.29) is 12.0 Å². The Kier molecular flexibility index (Phi) is 6.32. The molecule has 0 bridgehead atoms. The number of rotatable bonds is 4. The Hall–Kier alpha value is -4.24. The molecule has 2 heterocycles. The van der Waals surface area contributed by atoms with Gasteiger partial charge in [-0.3, -0.25) is 24.8 Å². The van der Waals surface area contributed by atoms with E-state index in [1.54, 1.807) is 54.6 Å². The van der Waals surface area contributed by atoms with Crippen molar-refractivity contribution >= 4 is 46.7 Å². The number of amides is 5. The molecule has 9 nitrogen and oxygen atoms in total. The minimum atomic E-state index is -1.24. The van der Waals surface area contributed by atoms with Crippen LogP contribution in [-0.2, 0) is 9.59 Å². The van der Waals surface area contributed by atoms with Crippen LogP contribution in [0.15, 0.2) is 79.1 Å². The van der Waals surface area contributed by atoms with E-state index in [1.165, 1.54) is 24.5 Å². The summed E-state index contributed by atoms with van der Waals surface area (Å²) in [7, 11) is 0. The van der Waals surface area contributed by atoms with Crippen molar-refractivity contribution in [2.75, 3.05) is 10.2 Å². The van der Waals surface area contributed by atoms with Gasteiger partial charge in [-0.25, -0.2) is 14.7 Å². The quantitative estimate of drug-likeness (QED) is 0.455. The predicted octanol–water partition coefficient (Wildman–Crippen LogP) is 3.25. The number of para-hydroxylation sites is 1. The molecule has 0 saturated carbocycles. The lowest BCUT2D eigenvalue weighted by molar-refractivity contribution is -0.122. The third kappa shape index (κ3) is 4.83. The molecule has 1 saturated heterocycles. The molecule has 10 heteroatoms. The smallest absolute Gasteiger partial charge is 0.306 e. The molecule has 1 atom stereocenters. The van der Waals surface area contributed by atoms with Crippen molar-refractivity contribution in [3.05, 3.63) is 89.7 Å². The van der Waals surface area contributed by atoms with Gasteiger partial charge >= 0.3 is 6.03 Å². The zero-order chi connectivity index (χ0) is 23.4. The molecule has 5 amide bonds. The first-order chi connectivity index (χ1) is 15.9. The molecule has 2 aromatic carbocycles. The largest absolute Gasteiger partial charge is 0.341 e. The molecule has 166 valence electrons. The van der Waals surface area contributed by atoms with Crippen molar-refractivity contribution in [2.24, 2.45) is 0 Å². The van der Waals surface area contributed by atoms with Crippen LogP contribution in [0.1, 0.15) is 16.8 Å². The maximum absolute atomic E-state index is 13.2. The number of anilines is 2. The molecule has 1 aliphatic rings. The maximum atomic E-state index is 13.2. The number of carbonyl (C=O) groups is 4. The van der Waals surface area contributed by atoms with E-state index in [2.05, 4.69) is 15.7 Å². The lowest BCUT2D eigenvalue weighted by Crippen LogP contribution is -2.56. The Balaban J connectivity index is 1.62. The standard InChI is InChI=1S/C23H18ClN5O4/c24-16-6-8-17(9-7-16)26-23(33)29(27-21(31)15-10-12-25-13-11-15)19-14-20(30)28(22(19)32)18-4-2-1-3-5-18/h1-13,19H,14H2,(H,26,33)(H,27,31)/t19-/m1/s1. The average molecular weight is 464 g/mol. The molecular formula is C23H18ClN5O4. The Labute approximate surface area is 193 Å². The highest BCUT2D eigenvalue weighted by atomic mass is 35.5. The highest BCUT2D eigenvalue weighted by Gasteiger charge is 2.45.